The number of carbonyl (C=O) groups is 2. The number of benzene rings is 1. The minimum atomic E-state index is -0.227. The molecule has 0 aliphatic carbocycles. The largest absolute Gasteiger partial charge is 0.486 e. The Balaban J connectivity index is 1.40. The van der Waals surface area contributed by atoms with E-state index in [1.54, 1.807) is 6.92 Å². The molecule has 0 N–H and O–H groups in total. The normalized spacial score (nSPS) is 20.3. The van der Waals surface area contributed by atoms with Crippen molar-refractivity contribution < 1.29 is 23.6 Å². The highest BCUT2D eigenvalue weighted by Gasteiger charge is 2.42. The average Bonchev–Trinajstić information content (AvgIpc) is 3.39. The lowest BCUT2D eigenvalue weighted by Crippen LogP contribution is -2.51. The average molecular weight is 442 g/mol. The lowest BCUT2D eigenvalue weighted by atomic mass is 9.95. The van der Waals surface area contributed by atoms with Gasteiger partial charge in [0.2, 0.25) is 0 Å². The van der Waals surface area contributed by atoms with Crippen LogP contribution in [-0.2, 0) is 11.3 Å². The third kappa shape index (κ3) is 4.45. The molecule has 0 bridgehead atoms. The lowest BCUT2D eigenvalue weighted by molar-refractivity contribution is 0.0610. The molecular weight excluding hydrogens is 410 g/mol. The Morgan fingerprint density at radius 2 is 1.97 bits per heavy atom. The smallest absolute Gasteiger partial charge is 0.410 e. The van der Waals surface area contributed by atoms with Gasteiger partial charge in [0.05, 0.1) is 11.7 Å². The quantitative estimate of drug-likeness (QED) is 0.645. The SMILES string of the molecule is CC[C@H](C)[C@H]1COC(=O)N1C1CCN(C(=O)c2c(C)noc2COc2ccccc2)CC1. The van der Waals surface area contributed by atoms with E-state index >= 15 is 0 Å². The van der Waals surface area contributed by atoms with E-state index in [-0.39, 0.29) is 30.7 Å². The second-order valence-electron chi connectivity index (χ2n) is 8.63. The van der Waals surface area contributed by atoms with Crippen LogP contribution in [0.1, 0.15) is 54.9 Å². The van der Waals surface area contributed by atoms with Crippen LogP contribution >= 0.6 is 0 Å². The highest BCUT2D eigenvalue weighted by atomic mass is 16.6. The fourth-order valence-corrected chi connectivity index (χ4v) is 4.54. The van der Waals surface area contributed by atoms with Crippen molar-refractivity contribution in [3.8, 4) is 5.75 Å². The number of para-hydroxylation sites is 1. The van der Waals surface area contributed by atoms with Crippen LogP contribution in [0.4, 0.5) is 4.79 Å². The zero-order chi connectivity index (χ0) is 22.7. The Kier molecular flexibility index (Phi) is 6.67. The highest BCUT2D eigenvalue weighted by Crippen LogP contribution is 2.29. The molecule has 3 heterocycles. The number of aromatic nitrogens is 1. The molecule has 2 amide bonds. The van der Waals surface area contributed by atoms with Gasteiger partial charge >= 0.3 is 6.09 Å². The molecule has 2 aliphatic heterocycles. The van der Waals surface area contributed by atoms with Crippen LogP contribution in [0.15, 0.2) is 34.9 Å². The predicted molar refractivity (Wildman–Crippen MR) is 117 cm³/mol. The number of hydrogen-bond donors (Lipinski definition) is 0. The first-order valence-electron chi connectivity index (χ1n) is 11.4. The first-order chi connectivity index (χ1) is 15.5. The van der Waals surface area contributed by atoms with Crippen LogP contribution in [0.3, 0.4) is 0 Å². The van der Waals surface area contributed by atoms with Crippen LogP contribution in [0, 0.1) is 12.8 Å². The van der Waals surface area contributed by atoms with Crippen LogP contribution in [0.2, 0.25) is 0 Å². The van der Waals surface area contributed by atoms with E-state index in [1.807, 2.05) is 40.1 Å². The summed E-state index contributed by atoms with van der Waals surface area (Å²) in [6.45, 7) is 7.80. The predicted octanol–water partition coefficient (Wildman–Crippen LogP) is 4.03. The van der Waals surface area contributed by atoms with E-state index in [2.05, 4.69) is 19.0 Å². The number of likely N-dealkylation sites (tertiary alicyclic amines) is 1. The highest BCUT2D eigenvalue weighted by molar-refractivity contribution is 5.96. The van der Waals surface area contributed by atoms with Crippen LogP contribution < -0.4 is 4.74 Å². The Bertz CT molecular complexity index is 936. The van der Waals surface area contributed by atoms with Gasteiger partial charge in [-0.1, -0.05) is 43.6 Å². The molecule has 2 atom stereocenters. The van der Waals surface area contributed by atoms with Gasteiger partial charge in [0.15, 0.2) is 5.76 Å². The summed E-state index contributed by atoms with van der Waals surface area (Å²) in [4.78, 5) is 29.4. The Labute approximate surface area is 188 Å². The van der Waals surface area contributed by atoms with Gasteiger partial charge in [-0.3, -0.25) is 9.69 Å². The van der Waals surface area contributed by atoms with E-state index in [0.717, 1.165) is 19.3 Å². The third-order valence-electron chi connectivity index (χ3n) is 6.65. The maximum absolute atomic E-state index is 13.3. The second-order valence-corrected chi connectivity index (χ2v) is 8.63. The Morgan fingerprint density at radius 3 is 2.66 bits per heavy atom. The van der Waals surface area contributed by atoms with Gasteiger partial charge in [0.1, 0.15) is 24.5 Å². The number of amides is 2. The topological polar surface area (TPSA) is 85.1 Å². The van der Waals surface area contributed by atoms with Crippen molar-refractivity contribution in [1.82, 2.24) is 15.0 Å². The Hall–Kier alpha value is -3.03. The number of nitrogens with zero attached hydrogens (tertiary/aromatic N) is 3. The summed E-state index contributed by atoms with van der Waals surface area (Å²) in [6.07, 6.45) is 2.23. The van der Waals surface area contributed by atoms with Crippen molar-refractivity contribution in [1.29, 1.82) is 0 Å². The van der Waals surface area contributed by atoms with Gasteiger partial charge in [-0.25, -0.2) is 4.79 Å². The molecule has 2 aliphatic rings. The summed E-state index contributed by atoms with van der Waals surface area (Å²) >= 11 is 0. The van der Waals surface area contributed by atoms with Gasteiger partial charge < -0.3 is 18.9 Å². The summed E-state index contributed by atoms with van der Waals surface area (Å²) in [5, 5.41) is 4.00. The molecular formula is C24H31N3O5. The first kappa shape index (κ1) is 22.2. The number of carbonyl (C=O) groups excluding carboxylic acids is 2. The van der Waals surface area contributed by atoms with E-state index in [4.69, 9.17) is 14.0 Å². The third-order valence-corrected chi connectivity index (χ3v) is 6.65. The molecule has 0 unspecified atom stereocenters. The fraction of sp³-hybridized carbons (Fsp3) is 0.542. The van der Waals surface area contributed by atoms with Gasteiger partial charge in [-0.05, 0) is 37.8 Å². The molecule has 4 rings (SSSR count). The Morgan fingerprint density at radius 1 is 1.25 bits per heavy atom. The molecule has 8 nitrogen and oxygen atoms in total. The van der Waals surface area contributed by atoms with E-state index in [1.165, 1.54) is 0 Å². The van der Waals surface area contributed by atoms with Crippen molar-refractivity contribution in [3.63, 3.8) is 0 Å². The molecule has 0 spiro atoms. The maximum atomic E-state index is 13.3. The number of rotatable bonds is 7. The zero-order valence-corrected chi connectivity index (χ0v) is 19.0. The zero-order valence-electron chi connectivity index (χ0n) is 19.0. The van der Waals surface area contributed by atoms with E-state index in [0.29, 0.717) is 48.4 Å². The monoisotopic (exact) mass is 441 g/mol. The summed E-state index contributed by atoms with van der Waals surface area (Å²) in [7, 11) is 0. The summed E-state index contributed by atoms with van der Waals surface area (Å²) in [5.74, 6) is 1.41. The number of aryl methyl sites for hydroxylation is 1. The van der Waals surface area contributed by atoms with Gasteiger partial charge in [0.25, 0.3) is 5.91 Å². The molecule has 8 heteroatoms. The van der Waals surface area contributed by atoms with Crippen molar-refractivity contribution in [2.45, 2.75) is 58.7 Å². The van der Waals surface area contributed by atoms with Gasteiger partial charge in [-0.2, -0.15) is 0 Å². The number of cyclic esters (lactones) is 1. The molecule has 0 saturated carbocycles. The molecule has 172 valence electrons. The number of piperidine rings is 1. The molecule has 2 fully saturated rings. The molecule has 2 saturated heterocycles. The van der Waals surface area contributed by atoms with Crippen LogP contribution in [-0.4, -0.2) is 58.7 Å². The summed E-state index contributed by atoms with van der Waals surface area (Å²) < 4.78 is 16.5. The van der Waals surface area contributed by atoms with Crippen LogP contribution in [0.25, 0.3) is 0 Å². The molecule has 1 aromatic heterocycles. The first-order valence-corrected chi connectivity index (χ1v) is 11.4. The standard InChI is InChI=1S/C24H31N3O5/c1-4-16(2)20-14-31-24(29)27(20)18-10-12-26(13-11-18)23(28)22-17(3)25-32-21(22)15-30-19-8-6-5-7-9-19/h5-9,16,18,20H,4,10-15H2,1-3H3/t16-,20+/m0/s1. The van der Waals surface area contributed by atoms with E-state index < -0.39 is 0 Å². The van der Waals surface area contributed by atoms with Crippen molar-refractivity contribution in [2.24, 2.45) is 5.92 Å². The van der Waals surface area contributed by atoms with E-state index in [9.17, 15) is 9.59 Å². The number of ether oxygens (including phenoxy) is 2. The fourth-order valence-electron chi connectivity index (χ4n) is 4.54. The van der Waals surface area contributed by atoms with Gasteiger partial charge in [0, 0.05) is 19.1 Å². The summed E-state index contributed by atoms with van der Waals surface area (Å²) in [5.41, 5.74) is 1.03. The number of hydrogen-bond acceptors (Lipinski definition) is 6. The lowest BCUT2D eigenvalue weighted by Gasteiger charge is -2.39. The van der Waals surface area contributed by atoms with Crippen molar-refractivity contribution in [2.75, 3.05) is 19.7 Å². The molecule has 0 radical (unpaired) electrons. The van der Waals surface area contributed by atoms with Crippen molar-refractivity contribution in [3.05, 3.63) is 47.3 Å². The second kappa shape index (κ2) is 9.63. The van der Waals surface area contributed by atoms with Gasteiger partial charge in [-0.15, -0.1) is 0 Å². The summed E-state index contributed by atoms with van der Waals surface area (Å²) in [6, 6.07) is 9.60. The molecule has 2 aromatic rings. The molecule has 32 heavy (non-hydrogen) atoms. The molecule has 1 aromatic carbocycles. The van der Waals surface area contributed by atoms with Crippen LogP contribution in [0.5, 0.6) is 5.75 Å². The maximum Gasteiger partial charge on any atom is 0.410 e. The minimum Gasteiger partial charge on any atom is -0.486 e. The van der Waals surface area contributed by atoms with Crippen molar-refractivity contribution >= 4 is 12.0 Å². The minimum absolute atomic E-state index is 0.0949.